The first-order valence-corrected chi connectivity index (χ1v) is 12.6. The van der Waals surface area contributed by atoms with Gasteiger partial charge in [-0.2, -0.15) is 0 Å². The summed E-state index contributed by atoms with van der Waals surface area (Å²) >= 11 is 5.95. The molecule has 0 aliphatic heterocycles. The largest absolute Gasteiger partial charge is 0.489 e. The predicted molar refractivity (Wildman–Crippen MR) is 144 cm³/mol. The maximum Gasteiger partial charge on any atom is 0.237 e. The van der Waals surface area contributed by atoms with Gasteiger partial charge < -0.3 is 20.7 Å². The molecular weight excluding hydrogens is 446 g/mol. The van der Waals surface area contributed by atoms with E-state index in [1.807, 2.05) is 36.4 Å². The van der Waals surface area contributed by atoms with E-state index in [9.17, 15) is 4.79 Å². The van der Waals surface area contributed by atoms with Crippen molar-refractivity contribution in [1.82, 2.24) is 5.32 Å². The Morgan fingerprint density at radius 1 is 1.03 bits per heavy atom. The third kappa shape index (κ3) is 9.94. The van der Waals surface area contributed by atoms with Crippen LogP contribution < -0.4 is 20.7 Å². The fourth-order valence-corrected chi connectivity index (χ4v) is 3.90. The average molecular weight is 488 g/mol. The van der Waals surface area contributed by atoms with Crippen molar-refractivity contribution >= 4 is 23.2 Å². The van der Waals surface area contributed by atoms with Crippen LogP contribution in [0.2, 0.25) is 5.02 Å². The summed E-state index contributed by atoms with van der Waals surface area (Å²) in [4.78, 5) is 15.0. The first-order chi connectivity index (χ1) is 15.9. The summed E-state index contributed by atoms with van der Waals surface area (Å²) in [6.45, 7) is 14.8. The molecule has 0 saturated heterocycles. The van der Waals surface area contributed by atoms with Crippen LogP contribution in [0.4, 0.5) is 5.69 Å². The number of carbonyl (C=O) groups is 1. The number of halogens is 1. The van der Waals surface area contributed by atoms with E-state index in [0.29, 0.717) is 31.4 Å². The monoisotopic (exact) mass is 487 g/mol. The number of amides is 1. The van der Waals surface area contributed by atoms with E-state index in [1.54, 1.807) is 0 Å². The highest BCUT2D eigenvalue weighted by molar-refractivity contribution is 6.30. The zero-order chi connectivity index (χ0) is 25.3. The van der Waals surface area contributed by atoms with Gasteiger partial charge in [-0.05, 0) is 80.5 Å². The highest BCUT2D eigenvalue weighted by atomic mass is 35.5. The molecule has 0 unspecified atom stereocenters. The molecule has 0 aromatic heterocycles. The fraction of sp³-hybridized carbons (Fsp3) is 0.536. The van der Waals surface area contributed by atoms with Gasteiger partial charge in [0.25, 0.3) is 0 Å². The number of hydrogen-bond acceptors (Lipinski definition) is 4. The fourth-order valence-electron chi connectivity index (χ4n) is 3.77. The van der Waals surface area contributed by atoms with Gasteiger partial charge in [0.2, 0.25) is 5.91 Å². The second kappa shape index (κ2) is 13.0. The van der Waals surface area contributed by atoms with E-state index >= 15 is 0 Å². The Morgan fingerprint density at radius 2 is 1.65 bits per heavy atom. The van der Waals surface area contributed by atoms with Gasteiger partial charge >= 0.3 is 0 Å². The van der Waals surface area contributed by atoms with Crippen molar-refractivity contribution in [2.75, 3.05) is 18.0 Å². The van der Waals surface area contributed by atoms with E-state index in [0.717, 1.165) is 35.0 Å². The highest BCUT2D eigenvalue weighted by Crippen LogP contribution is 2.23. The van der Waals surface area contributed by atoms with Crippen LogP contribution in [0, 0.1) is 11.8 Å². The first-order valence-electron chi connectivity index (χ1n) is 12.2. The van der Waals surface area contributed by atoms with Gasteiger partial charge in [0.15, 0.2) is 0 Å². The predicted octanol–water partition coefficient (Wildman–Crippen LogP) is 6.04. The molecule has 2 aromatic carbocycles. The zero-order valence-corrected chi connectivity index (χ0v) is 22.4. The number of carbonyl (C=O) groups excluding carboxylic acids is 1. The van der Waals surface area contributed by atoms with Crippen molar-refractivity contribution in [2.24, 2.45) is 17.6 Å². The summed E-state index contributed by atoms with van der Waals surface area (Å²) in [5.74, 6) is 1.69. The van der Waals surface area contributed by atoms with Crippen molar-refractivity contribution in [3.63, 3.8) is 0 Å². The summed E-state index contributed by atoms with van der Waals surface area (Å²) in [6.07, 6.45) is 1.74. The van der Waals surface area contributed by atoms with Crippen LogP contribution in [0.25, 0.3) is 0 Å². The first kappa shape index (κ1) is 28.0. The van der Waals surface area contributed by atoms with Gasteiger partial charge in [0, 0.05) is 23.8 Å². The number of benzene rings is 2. The van der Waals surface area contributed by atoms with E-state index in [2.05, 4.69) is 63.9 Å². The molecule has 188 valence electrons. The number of nitrogens with two attached hydrogens (primary N) is 1. The van der Waals surface area contributed by atoms with Gasteiger partial charge in [0.05, 0.1) is 11.6 Å². The van der Waals surface area contributed by atoms with Crippen LogP contribution in [-0.2, 0) is 11.4 Å². The third-order valence-electron chi connectivity index (χ3n) is 5.61. The summed E-state index contributed by atoms with van der Waals surface area (Å²) in [6, 6.07) is 15.3. The van der Waals surface area contributed by atoms with Gasteiger partial charge in [-0.15, -0.1) is 0 Å². The number of hydrogen-bond donors (Lipinski definition) is 2. The Balaban J connectivity index is 2.05. The Hall–Kier alpha value is -2.24. The Labute approximate surface area is 211 Å². The maximum atomic E-state index is 12.7. The lowest BCUT2D eigenvalue weighted by Gasteiger charge is -2.36. The van der Waals surface area contributed by atoms with Crippen molar-refractivity contribution in [1.29, 1.82) is 0 Å². The summed E-state index contributed by atoms with van der Waals surface area (Å²) in [7, 11) is 0. The lowest BCUT2D eigenvalue weighted by Crippen LogP contribution is -2.56. The van der Waals surface area contributed by atoms with Crippen LogP contribution in [0.15, 0.2) is 48.5 Å². The lowest BCUT2D eigenvalue weighted by molar-refractivity contribution is -0.124. The highest BCUT2D eigenvalue weighted by Gasteiger charge is 2.27. The van der Waals surface area contributed by atoms with Crippen molar-refractivity contribution < 1.29 is 9.53 Å². The minimum atomic E-state index is -0.486. The number of nitrogens with zero attached hydrogens (tertiary/aromatic N) is 1. The molecule has 0 radical (unpaired) electrons. The van der Waals surface area contributed by atoms with Gasteiger partial charge in [-0.1, -0.05) is 51.4 Å². The van der Waals surface area contributed by atoms with Crippen LogP contribution in [0.1, 0.15) is 59.9 Å². The molecule has 3 N–H and O–H groups in total. The van der Waals surface area contributed by atoms with Gasteiger partial charge in [-0.3, -0.25) is 4.79 Å². The number of rotatable bonds is 13. The molecule has 2 rings (SSSR count). The summed E-state index contributed by atoms with van der Waals surface area (Å²) in [5.41, 5.74) is 7.86. The molecule has 1 amide bonds. The van der Waals surface area contributed by atoms with Crippen molar-refractivity contribution in [2.45, 2.75) is 72.6 Å². The smallest absolute Gasteiger partial charge is 0.237 e. The van der Waals surface area contributed by atoms with E-state index < -0.39 is 11.6 Å². The normalized spacial score (nSPS) is 12.6. The number of ether oxygens (including phenoxy) is 1. The molecule has 34 heavy (non-hydrogen) atoms. The standard InChI is InChI=1S/C28H42ClN3O2/c1-20(2)15-16-32(19-28(5,6)31-27(33)26(30)17-21(3)4)24-11-13-25(14-12-24)34-18-22-7-9-23(29)10-8-22/h7-14,20-21,26H,15-19,30H2,1-6H3,(H,31,33)/t26-/m0/s1. The van der Waals surface area contributed by atoms with Crippen molar-refractivity contribution in [3.8, 4) is 5.75 Å². The Bertz CT molecular complexity index is 880. The zero-order valence-electron chi connectivity index (χ0n) is 21.6. The molecule has 0 saturated carbocycles. The van der Waals surface area contributed by atoms with E-state index in [4.69, 9.17) is 22.1 Å². The quantitative estimate of drug-likeness (QED) is 0.361. The molecule has 0 aliphatic rings. The van der Waals surface area contributed by atoms with Crippen LogP contribution in [0.3, 0.4) is 0 Å². The van der Waals surface area contributed by atoms with Crippen LogP contribution in [-0.4, -0.2) is 30.6 Å². The van der Waals surface area contributed by atoms with E-state index in [-0.39, 0.29) is 5.91 Å². The molecular formula is C28H42ClN3O2. The second-order valence-electron chi connectivity index (χ2n) is 10.6. The van der Waals surface area contributed by atoms with Crippen LogP contribution >= 0.6 is 11.6 Å². The topological polar surface area (TPSA) is 67.6 Å². The van der Waals surface area contributed by atoms with E-state index in [1.165, 1.54) is 0 Å². The van der Waals surface area contributed by atoms with Gasteiger partial charge in [-0.25, -0.2) is 0 Å². The third-order valence-corrected chi connectivity index (χ3v) is 5.86. The lowest BCUT2D eigenvalue weighted by atomic mass is 9.99. The average Bonchev–Trinajstić information content (AvgIpc) is 2.75. The molecule has 0 fully saturated rings. The molecule has 6 heteroatoms. The Kier molecular flexibility index (Phi) is 10.7. The number of anilines is 1. The molecule has 0 heterocycles. The minimum absolute atomic E-state index is 0.0894. The molecule has 1 atom stereocenters. The summed E-state index contributed by atoms with van der Waals surface area (Å²) in [5, 5.41) is 3.88. The SMILES string of the molecule is CC(C)CCN(CC(C)(C)NC(=O)[C@@H](N)CC(C)C)c1ccc(OCc2ccc(Cl)cc2)cc1. The molecule has 0 spiro atoms. The molecule has 2 aromatic rings. The maximum absolute atomic E-state index is 12.7. The Morgan fingerprint density at radius 3 is 2.21 bits per heavy atom. The van der Waals surface area contributed by atoms with Crippen LogP contribution in [0.5, 0.6) is 5.75 Å². The molecule has 0 bridgehead atoms. The second-order valence-corrected chi connectivity index (χ2v) is 11.1. The molecule has 5 nitrogen and oxygen atoms in total. The minimum Gasteiger partial charge on any atom is -0.489 e. The number of nitrogens with one attached hydrogen (secondary N) is 1. The van der Waals surface area contributed by atoms with Gasteiger partial charge in [0.1, 0.15) is 12.4 Å². The molecule has 0 aliphatic carbocycles. The summed E-state index contributed by atoms with van der Waals surface area (Å²) < 4.78 is 5.94. The van der Waals surface area contributed by atoms with Crippen molar-refractivity contribution in [3.05, 3.63) is 59.1 Å².